The Hall–Kier alpha value is -3.16. The zero-order valence-electron chi connectivity index (χ0n) is 13.7. The fraction of sp³-hybridized carbons (Fsp3) is 0.294. The van der Waals surface area contributed by atoms with E-state index in [2.05, 4.69) is 10.4 Å². The molecule has 2 N–H and O–H groups in total. The minimum Gasteiger partial charge on any atom is -0.478 e. The lowest BCUT2D eigenvalue weighted by Gasteiger charge is -2.31. The van der Waals surface area contributed by atoms with E-state index >= 15 is 0 Å². The summed E-state index contributed by atoms with van der Waals surface area (Å²) in [5, 5.41) is 15.9. The lowest BCUT2D eigenvalue weighted by atomic mass is 10.0. The van der Waals surface area contributed by atoms with Crippen molar-refractivity contribution in [1.29, 1.82) is 0 Å². The highest BCUT2D eigenvalue weighted by Gasteiger charge is 2.32. The second-order valence-electron chi connectivity index (χ2n) is 5.89. The van der Waals surface area contributed by atoms with Gasteiger partial charge in [0.2, 0.25) is 0 Å². The van der Waals surface area contributed by atoms with E-state index in [1.165, 1.54) is 24.3 Å². The van der Waals surface area contributed by atoms with Gasteiger partial charge in [-0.05, 0) is 31.0 Å². The number of piperidine rings is 1. The molecule has 8 nitrogen and oxygen atoms in total. The normalized spacial score (nSPS) is 17.4. The molecule has 0 unspecified atom stereocenters. The largest absolute Gasteiger partial charge is 0.478 e. The molecule has 2 heterocycles. The van der Waals surface area contributed by atoms with E-state index in [1.807, 2.05) is 0 Å². The third-order valence-corrected chi connectivity index (χ3v) is 4.09. The third kappa shape index (κ3) is 3.52. The quantitative estimate of drug-likeness (QED) is 0.864. The van der Waals surface area contributed by atoms with Crippen LogP contribution in [-0.4, -0.2) is 45.3 Å². The smallest absolute Gasteiger partial charge is 0.335 e. The molecule has 1 saturated heterocycles. The van der Waals surface area contributed by atoms with E-state index in [-0.39, 0.29) is 17.0 Å². The minimum absolute atomic E-state index is 0.0257. The maximum absolute atomic E-state index is 12.6. The number of carboxylic acids is 1. The molecule has 1 aliphatic heterocycles. The molecule has 3 rings (SSSR count). The zero-order valence-corrected chi connectivity index (χ0v) is 13.7. The SMILES string of the molecule is Cn1ccc(N2CCC[C@H](NC(=O)c3cccc(C(=O)O)c3)C2=O)n1. The van der Waals surface area contributed by atoms with Crippen molar-refractivity contribution in [2.45, 2.75) is 18.9 Å². The number of benzene rings is 1. The van der Waals surface area contributed by atoms with Crippen molar-refractivity contribution in [2.24, 2.45) is 7.05 Å². The van der Waals surface area contributed by atoms with Crippen LogP contribution in [0.15, 0.2) is 36.5 Å². The van der Waals surface area contributed by atoms with Crippen LogP contribution in [0.3, 0.4) is 0 Å². The van der Waals surface area contributed by atoms with E-state index in [4.69, 9.17) is 5.11 Å². The molecular formula is C17H18N4O4. The molecule has 1 aromatic carbocycles. The molecule has 2 aromatic rings. The maximum atomic E-state index is 12.6. The van der Waals surface area contributed by atoms with Crippen molar-refractivity contribution in [3.63, 3.8) is 0 Å². The predicted molar refractivity (Wildman–Crippen MR) is 89.5 cm³/mol. The number of aromatic carboxylic acids is 1. The van der Waals surface area contributed by atoms with E-state index in [9.17, 15) is 14.4 Å². The van der Waals surface area contributed by atoms with Gasteiger partial charge in [-0.3, -0.25) is 19.2 Å². The van der Waals surface area contributed by atoms with Gasteiger partial charge in [0.15, 0.2) is 5.82 Å². The molecule has 1 aromatic heterocycles. The summed E-state index contributed by atoms with van der Waals surface area (Å²) >= 11 is 0. The van der Waals surface area contributed by atoms with Crippen molar-refractivity contribution in [1.82, 2.24) is 15.1 Å². The summed E-state index contributed by atoms with van der Waals surface area (Å²) in [4.78, 5) is 37.6. The molecule has 2 amide bonds. The Bertz CT molecular complexity index is 830. The van der Waals surface area contributed by atoms with Crippen molar-refractivity contribution in [3.05, 3.63) is 47.7 Å². The molecule has 1 atom stereocenters. The van der Waals surface area contributed by atoms with Crippen LogP contribution in [0.4, 0.5) is 5.82 Å². The number of aromatic nitrogens is 2. The number of anilines is 1. The predicted octanol–water partition coefficient (Wildman–Crippen LogP) is 1.04. The van der Waals surface area contributed by atoms with E-state index < -0.39 is 17.9 Å². The van der Waals surface area contributed by atoms with Gasteiger partial charge < -0.3 is 10.4 Å². The first kappa shape index (κ1) is 16.7. The molecule has 1 fully saturated rings. The van der Waals surface area contributed by atoms with Crippen LogP contribution >= 0.6 is 0 Å². The lowest BCUT2D eigenvalue weighted by Crippen LogP contribution is -2.52. The molecular weight excluding hydrogens is 324 g/mol. The Morgan fingerprint density at radius 2 is 2.04 bits per heavy atom. The van der Waals surface area contributed by atoms with Crippen LogP contribution in [0, 0.1) is 0 Å². The number of rotatable bonds is 4. The van der Waals surface area contributed by atoms with Gasteiger partial charge in [-0.15, -0.1) is 0 Å². The van der Waals surface area contributed by atoms with E-state index in [1.54, 1.807) is 28.9 Å². The van der Waals surface area contributed by atoms with Gasteiger partial charge in [-0.2, -0.15) is 5.10 Å². The summed E-state index contributed by atoms with van der Waals surface area (Å²) in [6.07, 6.45) is 3.02. The van der Waals surface area contributed by atoms with Gasteiger partial charge in [-0.1, -0.05) is 6.07 Å². The average Bonchev–Trinajstić information content (AvgIpc) is 3.03. The third-order valence-electron chi connectivity index (χ3n) is 4.09. The number of carbonyl (C=O) groups is 3. The molecule has 8 heteroatoms. The molecule has 1 aliphatic rings. The number of hydrogen-bond donors (Lipinski definition) is 2. The van der Waals surface area contributed by atoms with Crippen LogP contribution in [0.5, 0.6) is 0 Å². The average molecular weight is 342 g/mol. The first-order chi connectivity index (χ1) is 12.0. The van der Waals surface area contributed by atoms with Crippen LogP contribution in [0.1, 0.15) is 33.6 Å². The van der Waals surface area contributed by atoms with E-state index in [0.29, 0.717) is 18.8 Å². The molecule has 0 aliphatic carbocycles. The summed E-state index contributed by atoms with van der Waals surface area (Å²) in [6, 6.07) is 6.82. The first-order valence-corrected chi connectivity index (χ1v) is 7.91. The monoisotopic (exact) mass is 342 g/mol. The number of hydrogen-bond acceptors (Lipinski definition) is 4. The minimum atomic E-state index is -1.11. The topological polar surface area (TPSA) is 105 Å². The van der Waals surface area contributed by atoms with Gasteiger partial charge in [0.25, 0.3) is 11.8 Å². The molecule has 0 bridgehead atoms. The van der Waals surface area contributed by atoms with Gasteiger partial charge in [0.05, 0.1) is 5.56 Å². The van der Waals surface area contributed by atoms with Gasteiger partial charge in [0.1, 0.15) is 6.04 Å². The Morgan fingerprint density at radius 3 is 2.72 bits per heavy atom. The number of carbonyl (C=O) groups excluding carboxylic acids is 2. The summed E-state index contributed by atoms with van der Waals surface area (Å²) in [6.45, 7) is 0.552. The highest BCUT2D eigenvalue weighted by Crippen LogP contribution is 2.19. The summed E-state index contributed by atoms with van der Waals surface area (Å²) in [7, 11) is 1.77. The summed E-state index contributed by atoms with van der Waals surface area (Å²) < 4.78 is 1.61. The molecule has 130 valence electrons. The van der Waals surface area contributed by atoms with Crippen molar-refractivity contribution in [3.8, 4) is 0 Å². The Labute approximate surface area is 144 Å². The second kappa shape index (κ2) is 6.76. The van der Waals surface area contributed by atoms with Crippen LogP contribution in [0.2, 0.25) is 0 Å². The number of nitrogens with one attached hydrogen (secondary N) is 1. The lowest BCUT2D eigenvalue weighted by molar-refractivity contribution is -0.121. The number of nitrogens with zero attached hydrogens (tertiary/aromatic N) is 3. The standard InChI is InChI=1S/C17H18N4O4/c1-20-9-7-14(19-20)21-8-3-6-13(16(21)23)18-15(22)11-4-2-5-12(10-11)17(24)25/h2,4-5,7,9-10,13H,3,6,8H2,1H3,(H,18,22)(H,24,25)/t13-/m0/s1. The fourth-order valence-corrected chi connectivity index (χ4v) is 2.82. The summed E-state index contributed by atoms with van der Waals surface area (Å²) in [5.74, 6) is -1.24. The number of amides is 2. The number of carboxylic acid groups (broad SMARTS) is 1. The zero-order chi connectivity index (χ0) is 18.0. The highest BCUT2D eigenvalue weighted by molar-refractivity contribution is 6.03. The summed E-state index contributed by atoms with van der Waals surface area (Å²) in [5.41, 5.74) is 0.236. The Kier molecular flexibility index (Phi) is 4.51. The highest BCUT2D eigenvalue weighted by atomic mass is 16.4. The number of aryl methyl sites for hydroxylation is 1. The van der Waals surface area contributed by atoms with Crippen molar-refractivity contribution < 1.29 is 19.5 Å². The maximum Gasteiger partial charge on any atom is 0.335 e. The Morgan fingerprint density at radius 1 is 1.28 bits per heavy atom. The second-order valence-corrected chi connectivity index (χ2v) is 5.89. The molecule has 0 saturated carbocycles. The Balaban J connectivity index is 1.73. The van der Waals surface area contributed by atoms with E-state index in [0.717, 1.165) is 6.42 Å². The molecule has 0 radical (unpaired) electrons. The first-order valence-electron chi connectivity index (χ1n) is 7.91. The van der Waals surface area contributed by atoms with Gasteiger partial charge in [-0.25, -0.2) is 4.79 Å². The van der Waals surface area contributed by atoms with Crippen LogP contribution in [-0.2, 0) is 11.8 Å². The van der Waals surface area contributed by atoms with Crippen molar-refractivity contribution in [2.75, 3.05) is 11.4 Å². The van der Waals surface area contributed by atoms with Gasteiger partial charge >= 0.3 is 5.97 Å². The van der Waals surface area contributed by atoms with Crippen LogP contribution in [0.25, 0.3) is 0 Å². The van der Waals surface area contributed by atoms with Crippen molar-refractivity contribution >= 4 is 23.6 Å². The van der Waals surface area contributed by atoms with Crippen LogP contribution < -0.4 is 10.2 Å². The molecule has 0 spiro atoms. The molecule has 25 heavy (non-hydrogen) atoms. The van der Waals surface area contributed by atoms with Gasteiger partial charge in [0, 0.05) is 31.4 Å². The fourth-order valence-electron chi connectivity index (χ4n) is 2.82.